The normalized spacial score (nSPS) is 10.3. The van der Waals surface area contributed by atoms with E-state index >= 15 is 0 Å². The van der Waals surface area contributed by atoms with Crippen molar-refractivity contribution in [2.45, 2.75) is 0 Å². The zero-order valence-corrected chi connectivity index (χ0v) is 8.95. The summed E-state index contributed by atoms with van der Waals surface area (Å²) in [6, 6.07) is 9.98. The first kappa shape index (κ1) is 8.71. The molecule has 1 aromatic heterocycles. The van der Waals surface area contributed by atoms with Crippen LogP contribution in [0.5, 0.6) is 0 Å². The van der Waals surface area contributed by atoms with Gasteiger partial charge in [0.25, 0.3) is 0 Å². The Labute approximate surface area is 89.5 Å². The fourth-order valence-electron chi connectivity index (χ4n) is 1.17. The second-order valence-electron chi connectivity index (χ2n) is 2.68. The quantitative estimate of drug-likeness (QED) is 0.479. The lowest BCUT2D eigenvalue weighted by atomic mass is 10.2. The van der Waals surface area contributed by atoms with Crippen molar-refractivity contribution in [2.24, 2.45) is 5.84 Å². The van der Waals surface area contributed by atoms with Crippen molar-refractivity contribution in [3.8, 4) is 0 Å². The molecule has 0 saturated heterocycles. The molecule has 66 valence electrons. The largest absolute Gasteiger partial charge is 0.308 e. The first-order valence-corrected chi connectivity index (χ1v) is 4.90. The summed E-state index contributed by atoms with van der Waals surface area (Å²) >= 11 is 2.26. The van der Waals surface area contributed by atoms with E-state index in [0.717, 1.165) is 10.9 Å². The molecule has 4 heteroatoms. The van der Waals surface area contributed by atoms with E-state index in [0.29, 0.717) is 5.82 Å². The summed E-state index contributed by atoms with van der Waals surface area (Å²) in [6.07, 6.45) is 0. The smallest absolute Gasteiger partial charge is 0.140 e. The van der Waals surface area contributed by atoms with Crippen LogP contribution in [-0.2, 0) is 0 Å². The first-order valence-electron chi connectivity index (χ1n) is 3.82. The third kappa shape index (κ3) is 1.73. The van der Waals surface area contributed by atoms with Crippen LogP contribution in [0.4, 0.5) is 5.82 Å². The van der Waals surface area contributed by atoms with Gasteiger partial charge in [0.1, 0.15) is 5.82 Å². The van der Waals surface area contributed by atoms with Gasteiger partial charge in [-0.05, 0) is 46.9 Å². The number of halogens is 1. The maximum absolute atomic E-state index is 5.26. The summed E-state index contributed by atoms with van der Waals surface area (Å²) in [7, 11) is 0. The molecule has 0 aliphatic carbocycles. The van der Waals surface area contributed by atoms with E-state index in [9.17, 15) is 0 Å². The molecule has 0 atom stereocenters. The Bertz CT molecular complexity index is 442. The SMILES string of the molecule is NNc1ccc2ccc(I)cc2n1. The second-order valence-corrected chi connectivity index (χ2v) is 3.92. The van der Waals surface area contributed by atoms with Gasteiger partial charge in [0, 0.05) is 8.96 Å². The van der Waals surface area contributed by atoms with Crippen LogP contribution in [0.1, 0.15) is 0 Å². The Hall–Kier alpha value is -0.880. The van der Waals surface area contributed by atoms with Gasteiger partial charge in [0.15, 0.2) is 0 Å². The van der Waals surface area contributed by atoms with Crippen LogP contribution in [0, 0.1) is 3.57 Å². The molecule has 0 bridgehead atoms. The Kier molecular flexibility index (Phi) is 2.32. The summed E-state index contributed by atoms with van der Waals surface area (Å²) in [4.78, 5) is 4.31. The number of hydrazine groups is 1. The average Bonchev–Trinajstić information content (AvgIpc) is 2.16. The third-order valence-corrected chi connectivity index (χ3v) is 2.47. The highest BCUT2D eigenvalue weighted by molar-refractivity contribution is 14.1. The van der Waals surface area contributed by atoms with Crippen molar-refractivity contribution in [2.75, 3.05) is 5.43 Å². The number of nitrogens with two attached hydrogens (primary N) is 1. The fourth-order valence-corrected chi connectivity index (χ4v) is 1.65. The van der Waals surface area contributed by atoms with Crippen molar-refractivity contribution < 1.29 is 0 Å². The molecule has 0 spiro atoms. The van der Waals surface area contributed by atoms with Crippen LogP contribution < -0.4 is 11.3 Å². The molecule has 1 heterocycles. The predicted octanol–water partition coefficient (Wildman–Crippen LogP) is 2.12. The van der Waals surface area contributed by atoms with Crippen LogP contribution in [-0.4, -0.2) is 4.98 Å². The van der Waals surface area contributed by atoms with Gasteiger partial charge >= 0.3 is 0 Å². The summed E-state index contributed by atoms with van der Waals surface area (Å²) in [5, 5.41) is 1.12. The van der Waals surface area contributed by atoms with E-state index in [1.807, 2.05) is 24.3 Å². The van der Waals surface area contributed by atoms with Gasteiger partial charge in [0.2, 0.25) is 0 Å². The molecule has 1 aromatic carbocycles. The number of nitrogens with one attached hydrogen (secondary N) is 1. The summed E-state index contributed by atoms with van der Waals surface area (Å²) in [6.45, 7) is 0. The number of pyridine rings is 1. The molecule has 2 rings (SSSR count). The number of hydrogen-bond donors (Lipinski definition) is 2. The van der Waals surface area contributed by atoms with E-state index < -0.39 is 0 Å². The van der Waals surface area contributed by atoms with Crippen LogP contribution in [0.15, 0.2) is 30.3 Å². The Morgan fingerprint density at radius 2 is 2.00 bits per heavy atom. The van der Waals surface area contributed by atoms with E-state index in [1.165, 1.54) is 3.57 Å². The minimum atomic E-state index is 0.689. The lowest BCUT2D eigenvalue weighted by molar-refractivity contribution is 1.26. The monoisotopic (exact) mass is 285 g/mol. The number of hydrogen-bond acceptors (Lipinski definition) is 3. The highest BCUT2D eigenvalue weighted by atomic mass is 127. The van der Waals surface area contributed by atoms with E-state index in [2.05, 4.69) is 39.1 Å². The zero-order valence-electron chi connectivity index (χ0n) is 6.79. The number of aromatic nitrogens is 1. The molecule has 0 saturated carbocycles. The highest BCUT2D eigenvalue weighted by Gasteiger charge is 1.96. The molecular formula is C9H8IN3. The van der Waals surface area contributed by atoms with Crippen LogP contribution in [0.2, 0.25) is 0 Å². The standard InChI is InChI=1S/C9H8IN3/c10-7-3-1-6-2-4-9(13-11)12-8(6)5-7/h1-5H,11H2,(H,12,13). The maximum Gasteiger partial charge on any atom is 0.140 e. The van der Waals surface area contributed by atoms with Crippen LogP contribution in [0.25, 0.3) is 10.9 Å². The molecule has 0 fully saturated rings. The number of anilines is 1. The van der Waals surface area contributed by atoms with Crippen LogP contribution >= 0.6 is 22.6 Å². The summed E-state index contributed by atoms with van der Waals surface area (Å²) < 4.78 is 1.17. The van der Waals surface area contributed by atoms with Gasteiger partial charge < -0.3 is 5.43 Å². The topological polar surface area (TPSA) is 50.9 Å². The van der Waals surface area contributed by atoms with Gasteiger partial charge in [-0.25, -0.2) is 10.8 Å². The second kappa shape index (κ2) is 3.47. The number of rotatable bonds is 1. The van der Waals surface area contributed by atoms with Gasteiger partial charge in [-0.15, -0.1) is 0 Å². The molecule has 13 heavy (non-hydrogen) atoms. The maximum atomic E-state index is 5.26. The predicted molar refractivity (Wildman–Crippen MR) is 62.3 cm³/mol. The molecule has 0 aliphatic heterocycles. The van der Waals surface area contributed by atoms with Crippen molar-refractivity contribution in [3.63, 3.8) is 0 Å². The van der Waals surface area contributed by atoms with E-state index in [4.69, 9.17) is 5.84 Å². The van der Waals surface area contributed by atoms with E-state index in [1.54, 1.807) is 0 Å². The van der Waals surface area contributed by atoms with Gasteiger partial charge in [0.05, 0.1) is 5.52 Å². The Balaban J connectivity index is 2.68. The third-order valence-electron chi connectivity index (χ3n) is 1.80. The number of benzene rings is 1. The van der Waals surface area contributed by atoms with Crippen molar-refractivity contribution in [1.29, 1.82) is 0 Å². The van der Waals surface area contributed by atoms with Crippen molar-refractivity contribution in [3.05, 3.63) is 33.9 Å². The summed E-state index contributed by atoms with van der Waals surface area (Å²) in [5.74, 6) is 5.95. The molecule has 2 aromatic rings. The molecule has 3 N–H and O–H groups in total. The molecule has 3 nitrogen and oxygen atoms in total. The lowest BCUT2D eigenvalue weighted by Gasteiger charge is -2.01. The summed E-state index contributed by atoms with van der Waals surface area (Å²) in [5.41, 5.74) is 3.49. The number of nitrogen functional groups attached to an aromatic ring is 1. The molecular weight excluding hydrogens is 277 g/mol. The lowest BCUT2D eigenvalue weighted by Crippen LogP contribution is -2.08. The van der Waals surface area contributed by atoms with Crippen molar-refractivity contribution >= 4 is 39.3 Å². The van der Waals surface area contributed by atoms with Crippen molar-refractivity contribution in [1.82, 2.24) is 4.98 Å². The van der Waals surface area contributed by atoms with Crippen LogP contribution in [0.3, 0.4) is 0 Å². The fraction of sp³-hybridized carbons (Fsp3) is 0. The van der Waals surface area contributed by atoms with Gasteiger partial charge in [-0.1, -0.05) is 6.07 Å². The Morgan fingerprint density at radius 3 is 2.77 bits per heavy atom. The molecule has 0 aliphatic rings. The zero-order chi connectivity index (χ0) is 9.26. The Morgan fingerprint density at radius 1 is 1.23 bits per heavy atom. The first-order chi connectivity index (χ1) is 6.29. The van der Waals surface area contributed by atoms with Gasteiger partial charge in [-0.2, -0.15) is 0 Å². The minimum absolute atomic E-state index is 0.689. The van der Waals surface area contributed by atoms with E-state index in [-0.39, 0.29) is 0 Å². The van der Waals surface area contributed by atoms with Gasteiger partial charge in [-0.3, -0.25) is 0 Å². The highest BCUT2D eigenvalue weighted by Crippen LogP contribution is 2.17. The minimum Gasteiger partial charge on any atom is -0.308 e. The molecule has 0 amide bonds. The molecule has 0 unspecified atom stereocenters. The average molecular weight is 285 g/mol. The number of nitrogens with zero attached hydrogens (tertiary/aromatic N) is 1. The number of fused-ring (bicyclic) bond motifs is 1. The molecule has 0 radical (unpaired) electrons.